The Labute approximate surface area is 122 Å². The molecule has 1 aliphatic rings. The molecule has 1 aromatic rings. The Kier molecular flexibility index (Phi) is 4.77. The molecule has 0 saturated heterocycles. The first kappa shape index (κ1) is 15.3. The number of carbonyl (C=O) groups excluding carboxylic acids is 1. The van der Waals surface area contributed by atoms with E-state index in [1.807, 2.05) is 0 Å². The van der Waals surface area contributed by atoms with Gasteiger partial charge in [0.15, 0.2) is 0 Å². The SMILES string of the molecule is Cc1cc(F)ccc1NC(=O)NC1CCC(C(=O)O)CC1. The van der Waals surface area contributed by atoms with E-state index in [1.54, 1.807) is 6.92 Å². The van der Waals surface area contributed by atoms with E-state index in [0.717, 1.165) is 0 Å². The fraction of sp³-hybridized carbons (Fsp3) is 0.467. The van der Waals surface area contributed by atoms with Gasteiger partial charge in [-0.2, -0.15) is 0 Å². The Morgan fingerprint density at radius 2 is 1.90 bits per heavy atom. The van der Waals surface area contributed by atoms with Crippen LogP contribution in [0.2, 0.25) is 0 Å². The number of carboxylic acid groups (broad SMARTS) is 1. The summed E-state index contributed by atoms with van der Waals surface area (Å²) in [6.45, 7) is 1.72. The minimum atomic E-state index is -0.764. The molecule has 114 valence electrons. The van der Waals surface area contributed by atoms with Crippen molar-refractivity contribution in [3.05, 3.63) is 29.6 Å². The maximum absolute atomic E-state index is 13.0. The van der Waals surface area contributed by atoms with Gasteiger partial charge in [-0.25, -0.2) is 9.18 Å². The first-order valence-corrected chi connectivity index (χ1v) is 7.02. The number of aryl methyl sites for hydroxylation is 1. The van der Waals surface area contributed by atoms with Crippen LogP contribution in [0.25, 0.3) is 0 Å². The molecule has 1 aliphatic carbocycles. The van der Waals surface area contributed by atoms with Gasteiger partial charge in [-0.05, 0) is 56.4 Å². The Morgan fingerprint density at radius 1 is 1.24 bits per heavy atom. The molecule has 2 amide bonds. The Bertz CT molecular complexity index is 540. The monoisotopic (exact) mass is 294 g/mol. The molecule has 5 nitrogen and oxygen atoms in total. The third-order valence-corrected chi connectivity index (χ3v) is 3.85. The van der Waals surface area contributed by atoms with E-state index in [2.05, 4.69) is 10.6 Å². The molecule has 1 saturated carbocycles. The number of hydrogen-bond donors (Lipinski definition) is 3. The first-order valence-electron chi connectivity index (χ1n) is 7.02. The predicted molar refractivity (Wildman–Crippen MR) is 76.7 cm³/mol. The van der Waals surface area contributed by atoms with Crippen molar-refractivity contribution in [1.29, 1.82) is 0 Å². The van der Waals surface area contributed by atoms with E-state index >= 15 is 0 Å². The lowest BCUT2D eigenvalue weighted by Gasteiger charge is -2.26. The van der Waals surface area contributed by atoms with Crippen LogP contribution in [-0.2, 0) is 4.79 Å². The molecule has 21 heavy (non-hydrogen) atoms. The topological polar surface area (TPSA) is 78.4 Å². The highest BCUT2D eigenvalue weighted by Crippen LogP contribution is 2.24. The maximum atomic E-state index is 13.0. The number of rotatable bonds is 3. The van der Waals surface area contributed by atoms with E-state index in [0.29, 0.717) is 36.9 Å². The minimum absolute atomic E-state index is 0.0126. The van der Waals surface area contributed by atoms with Gasteiger partial charge in [-0.1, -0.05) is 0 Å². The molecule has 3 N–H and O–H groups in total. The number of carboxylic acids is 1. The summed E-state index contributed by atoms with van der Waals surface area (Å²) >= 11 is 0. The van der Waals surface area contributed by atoms with Gasteiger partial charge < -0.3 is 15.7 Å². The van der Waals surface area contributed by atoms with Crippen molar-refractivity contribution in [3.8, 4) is 0 Å². The van der Waals surface area contributed by atoms with Crippen LogP contribution in [0.15, 0.2) is 18.2 Å². The second-order valence-electron chi connectivity index (χ2n) is 5.44. The van der Waals surface area contributed by atoms with Crippen LogP contribution in [0.3, 0.4) is 0 Å². The molecular weight excluding hydrogens is 275 g/mol. The minimum Gasteiger partial charge on any atom is -0.481 e. The molecule has 0 radical (unpaired) electrons. The average Bonchev–Trinajstić information content (AvgIpc) is 2.42. The molecule has 6 heteroatoms. The van der Waals surface area contributed by atoms with Gasteiger partial charge in [0.25, 0.3) is 0 Å². The number of nitrogens with one attached hydrogen (secondary N) is 2. The van der Waals surface area contributed by atoms with E-state index in [-0.39, 0.29) is 23.8 Å². The number of benzene rings is 1. The molecule has 0 atom stereocenters. The van der Waals surface area contributed by atoms with Crippen LogP contribution < -0.4 is 10.6 Å². The fourth-order valence-corrected chi connectivity index (χ4v) is 2.60. The fourth-order valence-electron chi connectivity index (χ4n) is 2.60. The van der Waals surface area contributed by atoms with Crippen LogP contribution >= 0.6 is 0 Å². The van der Waals surface area contributed by atoms with Crippen molar-refractivity contribution in [2.75, 3.05) is 5.32 Å². The average molecular weight is 294 g/mol. The first-order chi connectivity index (χ1) is 9.95. The summed E-state index contributed by atoms with van der Waals surface area (Å²) in [4.78, 5) is 22.8. The van der Waals surface area contributed by atoms with Gasteiger partial charge in [-0.15, -0.1) is 0 Å². The van der Waals surface area contributed by atoms with E-state index in [9.17, 15) is 14.0 Å². The molecule has 0 spiro atoms. The van der Waals surface area contributed by atoms with Crippen molar-refractivity contribution in [1.82, 2.24) is 5.32 Å². The second kappa shape index (κ2) is 6.56. The lowest BCUT2D eigenvalue weighted by molar-refractivity contribution is -0.142. The zero-order valence-electron chi connectivity index (χ0n) is 11.9. The Morgan fingerprint density at radius 3 is 2.48 bits per heavy atom. The molecule has 0 bridgehead atoms. The molecule has 0 heterocycles. The maximum Gasteiger partial charge on any atom is 0.319 e. The van der Waals surface area contributed by atoms with Gasteiger partial charge in [0, 0.05) is 11.7 Å². The molecule has 1 fully saturated rings. The standard InChI is InChI=1S/C15H19FN2O3/c1-9-8-11(16)4-7-13(9)18-15(21)17-12-5-2-10(3-6-12)14(19)20/h4,7-8,10,12H,2-3,5-6H2,1H3,(H,19,20)(H2,17,18,21). The number of aliphatic carboxylic acids is 1. The summed E-state index contributed by atoms with van der Waals surface area (Å²) in [5.74, 6) is -1.41. The van der Waals surface area contributed by atoms with Gasteiger partial charge in [0.05, 0.1) is 5.92 Å². The van der Waals surface area contributed by atoms with Gasteiger partial charge >= 0.3 is 12.0 Å². The number of urea groups is 1. The summed E-state index contributed by atoms with van der Waals surface area (Å²) in [5, 5.41) is 14.4. The van der Waals surface area contributed by atoms with Gasteiger partial charge in [-0.3, -0.25) is 4.79 Å². The molecular formula is C15H19FN2O3. The van der Waals surface area contributed by atoms with Gasteiger partial charge in [0.1, 0.15) is 5.82 Å². The van der Waals surface area contributed by atoms with E-state index in [4.69, 9.17) is 5.11 Å². The quantitative estimate of drug-likeness (QED) is 0.802. The highest BCUT2D eigenvalue weighted by atomic mass is 19.1. The summed E-state index contributed by atoms with van der Waals surface area (Å²) in [6.07, 6.45) is 2.48. The Hall–Kier alpha value is -2.11. The largest absolute Gasteiger partial charge is 0.481 e. The lowest BCUT2D eigenvalue weighted by Crippen LogP contribution is -2.41. The van der Waals surface area contributed by atoms with Crippen molar-refractivity contribution >= 4 is 17.7 Å². The van der Waals surface area contributed by atoms with Crippen LogP contribution in [0.5, 0.6) is 0 Å². The number of halogens is 1. The number of amides is 2. The highest BCUT2D eigenvalue weighted by Gasteiger charge is 2.26. The van der Waals surface area contributed by atoms with Crippen molar-refractivity contribution in [3.63, 3.8) is 0 Å². The Balaban J connectivity index is 1.84. The number of anilines is 1. The normalized spacial score (nSPS) is 21.6. The summed E-state index contributed by atoms with van der Waals surface area (Å²) < 4.78 is 13.0. The van der Waals surface area contributed by atoms with Crippen LogP contribution in [0.1, 0.15) is 31.2 Å². The smallest absolute Gasteiger partial charge is 0.319 e. The lowest BCUT2D eigenvalue weighted by atomic mass is 9.86. The van der Waals surface area contributed by atoms with Gasteiger partial charge in [0.2, 0.25) is 0 Å². The van der Waals surface area contributed by atoms with E-state index < -0.39 is 5.97 Å². The zero-order valence-corrected chi connectivity index (χ0v) is 11.9. The van der Waals surface area contributed by atoms with Crippen molar-refractivity contribution in [2.45, 2.75) is 38.6 Å². The zero-order chi connectivity index (χ0) is 15.4. The van der Waals surface area contributed by atoms with Crippen LogP contribution in [0.4, 0.5) is 14.9 Å². The molecule has 0 unspecified atom stereocenters. The molecule has 2 rings (SSSR count). The number of carbonyl (C=O) groups is 2. The number of hydrogen-bond acceptors (Lipinski definition) is 2. The van der Waals surface area contributed by atoms with Crippen LogP contribution in [0, 0.1) is 18.7 Å². The van der Waals surface area contributed by atoms with Crippen LogP contribution in [-0.4, -0.2) is 23.1 Å². The van der Waals surface area contributed by atoms with Crippen molar-refractivity contribution < 1.29 is 19.1 Å². The second-order valence-corrected chi connectivity index (χ2v) is 5.44. The third-order valence-electron chi connectivity index (χ3n) is 3.85. The van der Waals surface area contributed by atoms with Crippen molar-refractivity contribution in [2.24, 2.45) is 5.92 Å². The van der Waals surface area contributed by atoms with E-state index in [1.165, 1.54) is 18.2 Å². The highest BCUT2D eigenvalue weighted by molar-refractivity contribution is 5.90. The summed E-state index contributed by atoms with van der Waals surface area (Å²) in [7, 11) is 0. The molecule has 0 aliphatic heterocycles. The third kappa shape index (κ3) is 4.18. The molecule has 0 aromatic heterocycles. The molecule has 1 aromatic carbocycles. The predicted octanol–water partition coefficient (Wildman–Crippen LogP) is 2.90. The summed E-state index contributed by atoms with van der Waals surface area (Å²) in [5.41, 5.74) is 1.22. The summed E-state index contributed by atoms with van der Waals surface area (Å²) in [6, 6.07) is 3.81.